The smallest absolute Gasteiger partial charge is 0.321 e. The second-order valence-corrected chi connectivity index (χ2v) is 7.35. The van der Waals surface area contributed by atoms with E-state index in [0.29, 0.717) is 16.0 Å². The van der Waals surface area contributed by atoms with Gasteiger partial charge < -0.3 is 11.2 Å². The van der Waals surface area contributed by atoms with Gasteiger partial charge in [-0.3, -0.25) is 10.1 Å². The van der Waals surface area contributed by atoms with Crippen LogP contribution in [0.25, 0.3) is 11.4 Å². The summed E-state index contributed by atoms with van der Waals surface area (Å²) < 4.78 is 1.31. The van der Waals surface area contributed by atoms with Crippen molar-refractivity contribution in [3.63, 3.8) is 0 Å². The van der Waals surface area contributed by atoms with E-state index in [4.69, 9.17) is 17.4 Å². The SMILES string of the molecule is Nn1c(SCC(=O)NC(=O)NC2CCCC2)nnc1-c1ccc(Cl)cc1. The van der Waals surface area contributed by atoms with E-state index in [1.54, 1.807) is 24.3 Å². The van der Waals surface area contributed by atoms with E-state index in [1.807, 2.05) is 0 Å². The first-order chi connectivity index (χ1) is 12.5. The molecule has 0 saturated heterocycles. The normalized spacial score (nSPS) is 14.3. The number of amides is 3. The first-order valence-electron chi connectivity index (χ1n) is 8.22. The molecule has 1 fully saturated rings. The lowest BCUT2D eigenvalue weighted by atomic mass is 10.2. The third kappa shape index (κ3) is 4.67. The Hall–Kier alpha value is -2.26. The van der Waals surface area contributed by atoms with Crippen LogP contribution in [0, 0.1) is 0 Å². The van der Waals surface area contributed by atoms with Crippen LogP contribution in [0.1, 0.15) is 25.7 Å². The number of nitrogens with one attached hydrogen (secondary N) is 2. The van der Waals surface area contributed by atoms with Crippen molar-refractivity contribution in [3.8, 4) is 11.4 Å². The quantitative estimate of drug-likeness (QED) is 0.528. The molecule has 1 aliphatic carbocycles. The second kappa shape index (κ2) is 8.41. The maximum Gasteiger partial charge on any atom is 0.321 e. The van der Waals surface area contributed by atoms with Gasteiger partial charge in [-0.15, -0.1) is 10.2 Å². The lowest BCUT2D eigenvalue weighted by Gasteiger charge is -2.12. The molecule has 3 rings (SSSR count). The first kappa shape index (κ1) is 18.5. The largest absolute Gasteiger partial charge is 0.335 e. The molecule has 8 nitrogen and oxygen atoms in total. The highest BCUT2D eigenvalue weighted by atomic mass is 35.5. The summed E-state index contributed by atoms with van der Waals surface area (Å²) in [4.78, 5) is 23.7. The van der Waals surface area contributed by atoms with Crippen molar-refractivity contribution in [2.24, 2.45) is 0 Å². The van der Waals surface area contributed by atoms with Crippen molar-refractivity contribution in [3.05, 3.63) is 29.3 Å². The van der Waals surface area contributed by atoms with Crippen molar-refractivity contribution < 1.29 is 9.59 Å². The predicted octanol–water partition coefficient (Wildman–Crippen LogP) is 2.17. The van der Waals surface area contributed by atoms with Gasteiger partial charge in [0.25, 0.3) is 0 Å². The number of imide groups is 1. The molecule has 1 aromatic carbocycles. The predicted molar refractivity (Wildman–Crippen MR) is 100 cm³/mol. The fourth-order valence-corrected chi connectivity index (χ4v) is 3.54. The van der Waals surface area contributed by atoms with Crippen LogP contribution in [0.15, 0.2) is 29.4 Å². The van der Waals surface area contributed by atoms with Crippen LogP contribution in [0.3, 0.4) is 0 Å². The van der Waals surface area contributed by atoms with E-state index >= 15 is 0 Å². The number of carbonyl (C=O) groups is 2. The molecule has 0 aliphatic heterocycles. The number of urea groups is 1. The topological polar surface area (TPSA) is 115 Å². The summed E-state index contributed by atoms with van der Waals surface area (Å²) in [6, 6.07) is 6.72. The van der Waals surface area contributed by atoms with E-state index in [2.05, 4.69) is 20.8 Å². The van der Waals surface area contributed by atoms with Gasteiger partial charge in [0.1, 0.15) is 0 Å². The molecular formula is C16H19ClN6O2S. The van der Waals surface area contributed by atoms with Crippen molar-refractivity contribution in [1.29, 1.82) is 0 Å². The van der Waals surface area contributed by atoms with Gasteiger partial charge in [0.05, 0.1) is 5.75 Å². The molecule has 0 atom stereocenters. The highest BCUT2D eigenvalue weighted by Crippen LogP contribution is 2.23. The number of thioether (sulfide) groups is 1. The van der Waals surface area contributed by atoms with Crippen LogP contribution in [-0.2, 0) is 4.79 Å². The summed E-state index contributed by atoms with van der Waals surface area (Å²) in [5, 5.41) is 14.1. The van der Waals surface area contributed by atoms with Crippen molar-refractivity contribution in [2.75, 3.05) is 11.6 Å². The van der Waals surface area contributed by atoms with Gasteiger partial charge in [-0.05, 0) is 37.1 Å². The third-order valence-electron chi connectivity index (χ3n) is 4.04. The highest BCUT2D eigenvalue weighted by molar-refractivity contribution is 7.99. The zero-order valence-electron chi connectivity index (χ0n) is 13.9. The average molecular weight is 395 g/mol. The fraction of sp³-hybridized carbons (Fsp3) is 0.375. The first-order valence-corrected chi connectivity index (χ1v) is 9.59. The molecule has 0 bridgehead atoms. The number of halogens is 1. The Kier molecular flexibility index (Phi) is 6.00. The van der Waals surface area contributed by atoms with Crippen LogP contribution in [0.5, 0.6) is 0 Å². The summed E-state index contributed by atoms with van der Waals surface area (Å²) in [5.74, 6) is 6.05. The van der Waals surface area contributed by atoms with Crippen LogP contribution >= 0.6 is 23.4 Å². The number of nitrogens with zero attached hydrogens (tertiary/aromatic N) is 3. The molecule has 138 valence electrons. The number of hydrogen-bond donors (Lipinski definition) is 3. The van der Waals surface area contributed by atoms with Gasteiger partial charge in [0.2, 0.25) is 11.1 Å². The lowest BCUT2D eigenvalue weighted by Crippen LogP contribution is -2.44. The van der Waals surface area contributed by atoms with Gasteiger partial charge in [0, 0.05) is 16.6 Å². The van der Waals surface area contributed by atoms with Crippen LogP contribution in [0.4, 0.5) is 4.79 Å². The molecule has 3 amide bonds. The third-order valence-corrected chi connectivity index (χ3v) is 5.24. The average Bonchev–Trinajstić information content (AvgIpc) is 3.24. The van der Waals surface area contributed by atoms with Crippen molar-refractivity contribution >= 4 is 35.3 Å². The summed E-state index contributed by atoms with van der Waals surface area (Å²) in [5.41, 5.74) is 0.761. The van der Waals surface area contributed by atoms with Crippen LogP contribution < -0.4 is 16.5 Å². The molecule has 1 aliphatic rings. The van der Waals surface area contributed by atoms with E-state index in [0.717, 1.165) is 43.0 Å². The molecule has 0 spiro atoms. The zero-order chi connectivity index (χ0) is 18.5. The molecule has 1 aromatic heterocycles. The van der Waals surface area contributed by atoms with Gasteiger partial charge in [-0.25, -0.2) is 9.47 Å². The number of carbonyl (C=O) groups excluding carboxylic acids is 2. The molecule has 0 radical (unpaired) electrons. The standard InChI is InChI=1S/C16H19ClN6O2S/c17-11-7-5-10(6-8-11)14-21-22-16(23(14)18)26-9-13(24)20-15(25)19-12-3-1-2-4-12/h5-8,12H,1-4,9,18H2,(H2,19,20,24,25). The Morgan fingerprint density at radius 1 is 1.23 bits per heavy atom. The van der Waals surface area contributed by atoms with Crippen molar-refractivity contribution in [1.82, 2.24) is 25.5 Å². The minimum atomic E-state index is -0.460. The molecule has 10 heteroatoms. The molecule has 2 aromatic rings. The lowest BCUT2D eigenvalue weighted by molar-refractivity contribution is -0.117. The van der Waals surface area contributed by atoms with Crippen LogP contribution in [-0.4, -0.2) is 38.6 Å². The van der Waals surface area contributed by atoms with E-state index in [-0.39, 0.29) is 11.8 Å². The monoisotopic (exact) mass is 394 g/mol. The second-order valence-electron chi connectivity index (χ2n) is 5.97. The van der Waals surface area contributed by atoms with E-state index in [1.165, 1.54) is 4.68 Å². The van der Waals surface area contributed by atoms with E-state index in [9.17, 15) is 9.59 Å². The number of nitrogens with two attached hydrogens (primary N) is 1. The Labute approximate surface area is 159 Å². The molecule has 26 heavy (non-hydrogen) atoms. The fourth-order valence-electron chi connectivity index (χ4n) is 2.76. The summed E-state index contributed by atoms with van der Waals surface area (Å²) in [6.07, 6.45) is 4.13. The Balaban J connectivity index is 1.52. The summed E-state index contributed by atoms with van der Waals surface area (Å²) in [6.45, 7) is 0. The number of nitrogen functional groups attached to an aromatic ring is 1. The van der Waals surface area contributed by atoms with Crippen LogP contribution in [0.2, 0.25) is 5.02 Å². The Morgan fingerprint density at radius 2 is 1.92 bits per heavy atom. The van der Waals surface area contributed by atoms with Gasteiger partial charge >= 0.3 is 6.03 Å². The minimum absolute atomic E-state index is 0.00797. The zero-order valence-corrected chi connectivity index (χ0v) is 15.5. The summed E-state index contributed by atoms with van der Waals surface area (Å²) in [7, 11) is 0. The molecule has 0 unspecified atom stereocenters. The summed E-state index contributed by atoms with van der Waals surface area (Å²) >= 11 is 6.97. The molecule has 4 N–H and O–H groups in total. The Morgan fingerprint density at radius 3 is 2.62 bits per heavy atom. The van der Waals surface area contributed by atoms with Gasteiger partial charge in [-0.2, -0.15) is 0 Å². The molecule has 1 heterocycles. The number of hydrogen-bond acceptors (Lipinski definition) is 6. The molecular weight excluding hydrogens is 376 g/mol. The van der Waals surface area contributed by atoms with Gasteiger partial charge in [-0.1, -0.05) is 36.2 Å². The number of aromatic nitrogens is 3. The number of benzene rings is 1. The Bertz CT molecular complexity index is 789. The molecule has 1 saturated carbocycles. The van der Waals surface area contributed by atoms with Crippen molar-refractivity contribution in [2.45, 2.75) is 36.9 Å². The van der Waals surface area contributed by atoms with E-state index < -0.39 is 11.9 Å². The van der Waals surface area contributed by atoms with Gasteiger partial charge in [0.15, 0.2) is 5.82 Å². The minimum Gasteiger partial charge on any atom is -0.335 e. The number of rotatable bonds is 5. The maximum absolute atomic E-state index is 11.9. The highest BCUT2D eigenvalue weighted by Gasteiger charge is 2.19. The maximum atomic E-state index is 11.9.